The predicted octanol–water partition coefficient (Wildman–Crippen LogP) is 7.34. The largest absolute Gasteiger partial charge is 0.341 e. The van der Waals surface area contributed by atoms with Crippen LogP contribution in [0.5, 0.6) is 0 Å². The zero-order valence-corrected chi connectivity index (χ0v) is 23.8. The monoisotopic (exact) mass is 532 g/mol. The van der Waals surface area contributed by atoms with Crippen molar-refractivity contribution >= 4 is 12.2 Å². The first-order valence-corrected chi connectivity index (χ1v) is 14.6. The lowest BCUT2D eigenvalue weighted by atomic mass is 9.84. The van der Waals surface area contributed by atoms with E-state index in [2.05, 4.69) is 113 Å². The molecule has 0 radical (unpaired) electrons. The Morgan fingerprint density at radius 2 is 1.50 bits per heavy atom. The normalized spacial score (nSPS) is 19.9. The number of aromatic amines is 2. The number of aromatic nitrogens is 4. The van der Waals surface area contributed by atoms with Gasteiger partial charge in [0.2, 0.25) is 0 Å². The molecule has 2 fully saturated rings. The molecule has 6 rings (SSSR count). The Hall–Kier alpha value is -3.74. The molecule has 2 atom stereocenters. The first-order valence-electron chi connectivity index (χ1n) is 14.6. The number of hydrogen-bond donors (Lipinski definition) is 4. The Morgan fingerprint density at radius 1 is 0.775 bits per heavy atom. The molecule has 206 valence electrons. The lowest BCUT2D eigenvalue weighted by Gasteiger charge is -2.20. The highest BCUT2D eigenvalue weighted by atomic mass is 15.0. The number of H-pyrrole nitrogens is 2. The Balaban J connectivity index is 1.29. The van der Waals surface area contributed by atoms with Gasteiger partial charge >= 0.3 is 0 Å². The van der Waals surface area contributed by atoms with Gasteiger partial charge in [-0.3, -0.25) is 0 Å². The molecule has 2 saturated heterocycles. The minimum absolute atomic E-state index is 0.0792. The fourth-order valence-corrected chi connectivity index (χ4v) is 5.70. The van der Waals surface area contributed by atoms with Crippen LogP contribution in [0, 0.1) is 0 Å². The summed E-state index contributed by atoms with van der Waals surface area (Å²) in [5.41, 5.74) is 8.23. The molecule has 2 aromatic carbocycles. The highest BCUT2D eigenvalue weighted by Crippen LogP contribution is 2.34. The second kappa shape index (κ2) is 11.4. The Labute approximate surface area is 237 Å². The van der Waals surface area contributed by atoms with Crippen LogP contribution in [0.2, 0.25) is 0 Å². The van der Waals surface area contributed by atoms with Crippen LogP contribution in [0.25, 0.3) is 34.5 Å². The maximum atomic E-state index is 4.71. The molecular formula is C34H40N6. The van der Waals surface area contributed by atoms with Gasteiger partial charge in [-0.25, -0.2) is 9.97 Å². The number of rotatable bonds is 7. The molecule has 4 aromatic rings. The summed E-state index contributed by atoms with van der Waals surface area (Å²) in [5, 5.41) is 7.04. The Bertz CT molecular complexity index is 1500. The number of nitrogens with zero attached hydrogens (tertiary/aromatic N) is 2. The van der Waals surface area contributed by atoms with E-state index >= 15 is 0 Å². The van der Waals surface area contributed by atoms with Crippen LogP contribution in [0.15, 0.2) is 67.0 Å². The molecule has 2 aromatic heterocycles. The lowest BCUT2D eigenvalue weighted by Crippen LogP contribution is -2.14. The summed E-state index contributed by atoms with van der Waals surface area (Å²) in [6.07, 6.45) is 17.0. The Kier molecular flexibility index (Phi) is 7.55. The second-order valence-corrected chi connectivity index (χ2v) is 12.1. The summed E-state index contributed by atoms with van der Waals surface area (Å²) in [6, 6.07) is 16.3. The number of allylic oxidation sites excluding steroid dienone is 2. The van der Waals surface area contributed by atoms with Crippen LogP contribution in [0.3, 0.4) is 0 Å². The standard InChI is InChI=1S/C34H40N6/c1-34(2,3)26-11-6-10-24(19-26)28-20-25(31-22-38-33(40-31)30-14-8-18-36-30)16-15-23(28)9-4-5-12-27-21-37-32(39-27)29-13-7-17-35-29/h4-6,9-12,15-16,19-22,29-30,35-36H,7-8,13-14,17-18H2,1-3H3,(H,37,39)(H,38,40)/t29-,30-/m0/s1. The first-order chi connectivity index (χ1) is 19.4. The van der Waals surface area contributed by atoms with Gasteiger partial charge in [0, 0.05) is 5.56 Å². The molecule has 2 aliphatic heterocycles. The van der Waals surface area contributed by atoms with Gasteiger partial charge in [-0.05, 0) is 78.6 Å². The van der Waals surface area contributed by atoms with Crippen LogP contribution < -0.4 is 10.6 Å². The van der Waals surface area contributed by atoms with E-state index in [-0.39, 0.29) is 5.41 Å². The summed E-state index contributed by atoms with van der Waals surface area (Å²) >= 11 is 0. The van der Waals surface area contributed by atoms with Crippen LogP contribution in [-0.2, 0) is 5.41 Å². The summed E-state index contributed by atoms with van der Waals surface area (Å²) in [4.78, 5) is 16.3. The quantitative estimate of drug-likeness (QED) is 0.188. The molecule has 0 unspecified atom stereocenters. The highest BCUT2D eigenvalue weighted by molar-refractivity contribution is 5.80. The third kappa shape index (κ3) is 5.88. The van der Waals surface area contributed by atoms with E-state index in [4.69, 9.17) is 4.98 Å². The van der Waals surface area contributed by atoms with Crippen molar-refractivity contribution in [2.45, 2.75) is 64.0 Å². The minimum Gasteiger partial charge on any atom is -0.341 e. The van der Waals surface area contributed by atoms with Crippen LogP contribution in [-0.4, -0.2) is 33.0 Å². The molecule has 2 aliphatic rings. The maximum Gasteiger partial charge on any atom is 0.123 e. The van der Waals surface area contributed by atoms with Gasteiger partial charge in [0.05, 0.1) is 35.9 Å². The average molecular weight is 533 g/mol. The average Bonchev–Trinajstić information content (AvgIpc) is 3.77. The van der Waals surface area contributed by atoms with Crippen molar-refractivity contribution in [1.82, 2.24) is 30.6 Å². The zero-order chi connectivity index (χ0) is 27.5. The van der Waals surface area contributed by atoms with E-state index in [0.717, 1.165) is 54.5 Å². The molecule has 0 aliphatic carbocycles. The van der Waals surface area contributed by atoms with Crippen molar-refractivity contribution in [3.8, 4) is 22.4 Å². The van der Waals surface area contributed by atoms with Gasteiger partial charge in [0.25, 0.3) is 0 Å². The molecule has 0 saturated carbocycles. The molecule has 40 heavy (non-hydrogen) atoms. The number of nitrogens with one attached hydrogen (secondary N) is 4. The van der Waals surface area contributed by atoms with E-state index in [0.29, 0.717) is 12.1 Å². The van der Waals surface area contributed by atoms with Crippen LogP contribution in [0.1, 0.15) is 87.0 Å². The highest BCUT2D eigenvalue weighted by Gasteiger charge is 2.20. The zero-order valence-electron chi connectivity index (χ0n) is 23.8. The van der Waals surface area contributed by atoms with E-state index in [1.165, 1.54) is 35.1 Å². The maximum absolute atomic E-state index is 4.71. The molecule has 6 heteroatoms. The van der Waals surface area contributed by atoms with Crippen molar-refractivity contribution in [3.63, 3.8) is 0 Å². The third-order valence-electron chi connectivity index (χ3n) is 8.06. The molecule has 4 N–H and O–H groups in total. The SMILES string of the molecule is CC(C)(C)c1cccc(-c2cc(-c3cnc([C@@H]4CCCN4)[nH]3)ccc2C=CC=Cc2cnc([C@@H]3CCCN3)[nH]2)c1. The second-order valence-electron chi connectivity index (χ2n) is 12.1. The lowest BCUT2D eigenvalue weighted by molar-refractivity contribution is 0.590. The van der Waals surface area contributed by atoms with Crippen LogP contribution >= 0.6 is 0 Å². The topological polar surface area (TPSA) is 81.4 Å². The fraction of sp³-hybridized carbons (Fsp3) is 0.353. The molecular weight excluding hydrogens is 492 g/mol. The number of imidazole rings is 2. The molecule has 0 bridgehead atoms. The van der Waals surface area contributed by atoms with Gasteiger partial charge < -0.3 is 20.6 Å². The molecule has 0 amide bonds. The van der Waals surface area contributed by atoms with Crippen molar-refractivity contribution in [3.05, 3.63) is 95.5 Å². The number of benzene rings is 2. The van der Waals surface area contributed by atoms with Gasteiger partial charge in [0.1, 0.15) is 11.6 Å². The van der Waals surface area contributed by atoms with E-state index in [1.807, 2.05) is 12.4 Å². The summed E-state index contributed by atoms with van der Waals surface area (Å²) in [7, 11) is 0. The molecule has 4 heterocycles. The molecule has 0 spiro atoms. The van der Waals surface area contributed by atoms with Gasteiger partial charge in [-0.15, -0.1) is 0 Å². The summed E-state index contributed by atoms with van der Waals surface area (Å²) < 4.78 is 0. The van der Waals surface area contributed by atoms with Gasteiger partial charge in [0.15, 0.2) is 0 Å². The van der Waals surface area contributed by atoms with E-state index < -0.39 is 0 Å². The first kappa shape index (κ1) is 26.5. The van der Waals surface area contributed by atoms with Crippen molar-refractivity contribution < 1.29 is 0 Å². The minimum atomic E-state index is 0.0792. The summed E-state index contributed by atoms with van der Waals surface area (Å²) in [5.74, 6) is 2.06. The van der Waals surface area contributed by atoms with E-state index in [9.17, 15) is 0 Å². The smallest absolute Gasteiger partial charge is 0.123 e. The van der Waals surface area contributed by atoms with Gasteiger partial charge in [-0.2, -0.15) is 0 Å². The molecule has 6 nitrogen and oxygen atoms in total. The van der Waals surface area contributed by atoms with Crippen molar-refractivity contribution in [2.75, 3.05) is 13.1 Å². The number of hydrogen-bond acceptors (Lipinski definition) is 4. The van der Waals surface area contributed by atoms with Crippen LogP contribution in [0.4, 0.5) is 0 Å². The summed E-state index contributed by atoms with van der Waals surface area (Å²) in [6.45, 7) is 8.92. The third-order valence-corrected chi connectivity index (χ3v) is 8.06. The van der Waals surface area contributed by atoms with Crippen molar-refractivity contribution in [2.24, 2.45) is 0 Å². The predicted molar refractivity (Wildman–Crippen MR) is 165 cm³/mol. The van der Waals surface area contributed by atoms with Crippen molar-refractivity contribution in [1.29, 1.82) is 0 Å². The Morgan fingerprint density at radius 3 is 2.23 bits per heavy atom. The van der Waals surface area contributed by atoms with Gasteiger partial charge in [-0.1, -0.05) is 75.4 Å². The fourth-order valence-electron chi connectivity index (χ4n) is 5.70. The van der Waals surface area contributed by atoms with E-state index in [1.54, 1.807) is 0 Å².